The Bertz CT molecular complexity index is 625. The van der Waals surface area contributed by atoms with Crippen molar-refractivity contribution in [2.45, 2.75) is 25.8 Å². The van der Waals surface area contributed by atoms with E-state index in [1.807, 2.05) is 25.1 Å². The molecule has 0 saturated carbocycles. The van der Waals surface area contributed by atoms with Gasteiger partial charge in [0.25, 0.3) is 0 Å². The van der Waals surface area contributed by atoms with Crippen molar-refractivity contribution in [1.29, 1.82) is 0 Å². The third-order valence-corrected chi connectivity index (χ3v) is 3.59. The molecule has 2 aromatic rings. The van der Waals surface area contributed by atoms with E-state index in [0.717, 1.165) is 42.5 Å². The number of nitrogens with one attached hydrogen (secondary N) is 1. The molecule has 3 N–H and O–H groups in total. The summed E-state index contributed by atoms with van der Waals surface area (Å²) in [5.41, 5.74) is 7.84. The molecule has 3 heterocycles. The third-order valence-electron chi connectivity index (χ3n) is 3.59. The monoisotopic (exact) mass is 285 g/mol. The molecule has 21 heavy (non-hydrogen) atoms. The van der Waals surface area contributed by atoms with Gasteiger partial charge in [-0.05, 0) is 19.4 Å². The summed E-state index contributed by atoms with van der Waals surface area (Å²) in [5.74, 6) is 2.49. The van der Waals surface area contributed by atoms with Gasteiger partial charge >= 0.3 is 0 Å². The van der Waals surface area contributed by atoms with Gasteiger partial charge < -0.3 is 15.8 Å². The van der Waals surface area contributed by atoms with Gasteiger partial charge in [-0.25, -0.2) is 15.0 Å². The van der Waals surface area contributed by atoms with E-state index in [4.69, 9.17) is 10.5 Å². The zero-order valence-corrected chi connectivity index (χ0v) is 12.0. The van der Waals surface area contributed by atoms with E-state index in [2.05, 4.69) is 20.3 Å². The van der Waals surface area contributed by atoms with Crippen LogP contribution < -0.4 is 11.1 Å². The maximum atomic E-state index is 5.84. The van der Waals surface area contributed by atoms with Crippen molar-refractivity contribution in [2.24, 2.45) is 0 Å². The van der Waals surface area contributed by atoms with Crippen LogP contribution >= 0.6 is 0 Å². The van der Waals surface area contributed by atoms with Crippen molar-refractivity contribution in [1.82, 2.24) is 15.0 Å². The summed E-state index contributed by atoms with van der Waals surface area (Å²) < 4.78 is 5.43. The molecule has 0 bridgehead atoms. The van der Waals surface area contributed by atoms with Gasteiger partial charge in [-0.15, -0.1) is 0 Å². The number of nitrogens with two attached hydrogens (primary N) is 1. The van der Waals surface area contributed by atoms with Crippen molar-refractivity contribution in [2.75, 3.05) is 24.3 Å². The number of nitrogen functional groups attached to an aromatic ring is 1. The quantitative estimate of drug-likeness (QED) is 0.892. The van der Waals surface area contributed by atoms with Gasteiger partial charge in [0.1, 0.15) is 17.5 Å². The first-order valence-electron chi connectivity index (χ1n) is 7.09. The highest BCUT2D eigenvalue weighted by molar-refractivity contribution is 5.43. The predicted octanol–water partition coefficient (Wildman–Crippen LogP) is 1.88. The lowest BCUT2D eigenvalue weighted by Gasteiger charge is -2.12. The fraction of sp³-hybridized carbons (Fsp3) is 0.400. The van der Waals surface area contributed by atoms with Crippen LogP contribution in [-0.4, -0.2) is 28.2 Å². The summed E-state index contributed by atoms with van der Waals surface area (Å²) in [7, 11) is 0. The van der Waals surface area contributed by atoms with E-state index in [1.54, 1.807) is 6.20 Å². The first-order valence-corrected chi connectivity index (χ1v) is 7.09. The summed E-state index contributed by atoms with van der Waals surface area (Å²) in [5, 5.41) is 3.29. The van der Waals surface area contributed by atoms with Crippen LogP contribution in [0.5, 0.6) is 0 Å². The van der Waals surface area contributed by atoms with E-state index < -0.39 is 0 Å². The molecular formula is C15H19N5O. The van der Waals surface area contributed by atoms with Crippen LogP contribution in [0.25, 0.3) is 0 Å². The average molecular weight is 285 g/mol. The molecule has 0 unspecified atom stereocenters. The Morgan fingerprint density at radius 1 is 1.43 bits per heavy atom. The lowest BCUT2D eigenvalue weighted by Crippen LogP contribution is -2.09. The Morgan fingerprint density at radius 3 is 3.10 bits per heavy atom. The zero-order chi connectivity index (χ0) is 14.7. The highest BCUT2D eigenvalue weighted by Crippen LogP contribution is 2.25. The zero-order valence-electron chi connectivity index (χ0n) is 12.0. The molecule has 3 rings (SSSR count). The van der Waals surface area contributed by atoms with Crippen molar-refractivity contribution >= 4 is 11.6 Å². The summed E-state index contributed by atoms with van der Waals surface area (Å²) in [6.45, 7) is 4.05. The number of aromatic nitrogens is 3. The maximum absolute atomic E-state index is 5.84. The standard InChI is InChI=1S/C15H19N5O/c1-10-19-13(12-4-6-21-9-12)7-14(20-10)18-8-11-3-2-5-17-15(11)16/h2-3,5,7,12H,4,6,8-9H2,1H3,(H2,16,17)(H,18,19,20)/t12-/m0/s1. The van der Waals surface area contributed by atoms with Gasteiger partial charge in [-0.3, -0.25) is 0 Å². The Balaban J connectivity index is 1.74. The summed E-state index contributed by atoms with van der Waals surface area (Å²) >= 11 is 0. The van der Waals surface area contributed by atoms with Crippen molar-refractivity contribution in [3.8, 4) is 0 Å². The average Bonchev–Trinajstić information content (AvgIpc) is 3.00. The topological polar surface area (TPSA) is 86.0 Å². The molecule has 0 aromatic carbocycles. The van der Waals surface area contributed by atoms with E-state index >= 15 is 0 Å². The number of hydrogen-bond acceptors (Lipinski definition) is 6. The molecule has 0 radical (unpaired) electrons. The van der Waals surface area contributed by atoms with E-state index in [-0.39, 0.29) is 0 Å². The minimum absolute atomic E-state index is 0.371. The molecule has 0 spiro atoms. The number of rotatable bonds is 4. The third kappa shape index (κ3) is 3.28. The first-order chi connectivity index (χ1) is 10.2. The highest BCUT2D eigenvalue weighted by atomic mass is 16.5. The number of nitrogens with zero attached hydrogens (tertiary/aromatic N) is 3. The van der Waals surface area contributed by atoms with Gasteiger partial charge in [0.15, 0.2) is 0 Å². The van der Waals surface area contributed by atoms with Crippen LogP contribution in [0.2, 0.25) is 0 Å². The van der Waals surface area contributed by atoms with Crippen molar-refractivity contribution in [3.63, 3.8) is 0 Å². The van der Waals surface area contributed by atoms with Crippen molar-refractivity contribution < 1.29 is 4.74 Å². The lowest BCUT2D eigenvalue weighted by atomic mass is 10.0. The van der Waals surface area contributed by atoms with Crippen LogP contribution in [0, 0.1) is 6.92 Å². The Morgan fingerprint density at radius 2 is 2.33 bits per heavy atom. The van der Waals surface area contributed by atoms with E-state index in [1.165, 1.54) is 0 Å². The van der Waals surface area contributed by atoms with Crippen LogP contribution in [-0.2, 0) is 11.3 Å². The smallest absolute Gasteiger partial charge is 0.130 e. The summed E-state index contributed by atoms with van der Waals surface area (Å²) in [4.78, 5) is 13.0. The molecule has 1 saturated heterocycles. The van der Waals surface area contributed by atoms with Gasteiger partial charge in [-0.2, -0.15) is 0 Å². The second-order valence-electron chi connectivity index (χ2n) is 5.19. The summed E-state index contributed by atoms with van der Waals surface area (Å²) in [6, 6.07) is 5.83. The minimum atomic E-state index is 0.371. The number of anilines is 2. The Labute approximate surface area is 123 Å². The van der Waals surface area contributed by atoms with Gasteiger partial charge in [0, 0.05) is 36.9 Å². The molecular weight excluding hydrogens is 266 g/mol. The molecule has 6 heteroatoms. The normalized spacial score (nSPS) is 17.9. The molecule has 1 atom stereocenters. The highest BCUT2D eigenvalue weighted by Gasteiger charge is 2.20. The van der Waals surface area contributed by atoms with Gasteiger partial charge in [-0.1, -0.05) is 6.07 Å². The largest absolute Gasteiger partial charge is 0.383 e. The predicted molar refractivity (Wildman–Crippen MR) is 80.9 cm³/mol. The molecule has 6 nitrogen and oxygen atoms in total. The van der Waals surface area contributed by atoms with Gasteiger partial charge in [0.2, 0.25) is 0 Å². The summed E-state index contributed by atoms with van der Waals surface area (Å²) in [6.07, 6.45) is 2.71. The number of pyridine rings is 1. The van der Waals surface area contributed by atoms with Crippen LogP contribution in [0.4, 0.5) is 11.6 Å². The molecule has 110 valence electrons. The second kappa shape index (κ2) is 6.05. The van der Waals surface area contributed by atoms with Crippen LogP contribution in [0.3, 0.4) is 0 Å². The Hall–Kier alpha value is -2.21. The van der Waals surface area contributed by atoms with E-state index in [9.17, 15) is 0 Å². The number of ether oxygens (including phenoxy) is 1. The molecule has 2 aromatic heterocycles. The van der Waals surface area contributed by atoms with Crippen molar-refractivity contribution in [3.05, 3.63) is 41.5 Å². The van der Waals surface area contributed by atoms with Gasteiger partial charge in [0.05, 0.1) is 12.3 Å². The van der Waals surface area contributed by atoms with Crippen LogP contribution in [0.1, 0.15) is 29.4 Å². The lowest BCUT2D eigenvalue weighted by molar-refractivity contribution is 0.193. The van der Waals surface area contributed by atoms with Crippen LogP contribution in [0.15, 0.2) is 24.4 Å². The first kappa shape index (κ1) is 13.8. The molecule has 1 aliphatic rings. The fourth-order valence-corrected chi connectivity index (χ4v) is 2.44. The SMILES string of the molecule is Cc1nc(NCc2cccnc2N)cc([C@H]2CCOC2)n1. The second-order valence-corrected chi connectivity index (χ2v) is 5.19. The number of aryl methyl sites for hydroxylation is 1. The maximum Gasteiger partial charge on any atom is 0.130 e. The fourth-order valence-electron chi connectivity index (χ4n) is 2.44. The molecule has 1 fully saturated rings. The minimum Gasteiger partial charge on any atom is -0.383 e. The van der Waals surface area contributed by atoms with E-state index in [0.29, 0.717) is 18.3 Å². The molecule has 1 aliphatic heterocycles. The molecule has 0 amide bonds. The molecule has 0 aliphatic carbocycles. The number of hydrogen-bond donors (Lipinski definition) is 2. The Kier molecular flexibility index (Phi) is 3.96.